The molecule has 1 aromatic carbocycles. The number of ether oxygens (including phenoxy) is 3. The summed E-state index contributed by atoms with van der Waals surface area (Å²) < 4.78 is 18.5. The molecule has 148 valence electrons. The van der Waals surface area contributed by atoms with Gasteiger partial charge < -0.3 is 19.5 Å². The van der Waals surface area contributed by atoms with Crippen LogP contribution >= 0.6 is 0 Å². The van der Waals surface area contributed by atoms with Gasteiger partial charge in [-0.2, -0.15) is 10.1 Å². The maximum Gasteiger partial charge on any atom is 0.338 e. The lowest BCUT2D eigenvalue weighted by atomic mass is 9.95. The Labute approximate surface area is 163 Å². The predicted molar refractivity (Wildman–Crippen MR) is 102 cm³/mol. The molecule has 4 rings (SSSR count). The lowest BCUT2D eigenvalue weighted by molar-refractivity contribution is -0.142. The number of esters is 1. The molecule has 1 fully saturated rings. The molecule has 0 spiro atoms. The summed E-state index contributed by atoms with van der Waals surface area (Å²) in [6.45, 7) is 5.33. The van der Waals surface area contributed by atoms with E-state index < -0.39 is 6.04 Å². The topological polar surface area (TPSA) is 87.5 Å². The largest absolute Gasteiger partial charge is 0.494 e. The fourth-order valence-corrected chi connectivity index (χ4v) is 3.63. The van der Waals surface area contributed by atoms with Gasteiger partial charge in [0.25, 0.3) is 0 Å². The highest BCUT2D eigenvalue weighted by atomic mass is 16.6. The van der Waals surface area contributed by atoms with E-state index in [-0.39, 0.29) is 18.7 Å². The molecule has 0 saturated carbocycles. The van der Waals surface area contributed by atoms with Crippen molar-refractivity contribution >= 4 is 11.9 Å². The van der Waals surface area contributed by atoms with Crippen molar-refractivity contribution in [1.82, 2.24) is 14.8 Å². The molecule has 2 atom stereocenters. The Morgan fingerprint density at radius 1 is 1.43 bits per heavy atom. The zero-order valence-electron chi connectivity index (χ0n) is 16.1. The van der Waals surface area contributed by atoms with Crippen molar-refractivity contribution in [2.24, 2.45) is 0 Å². The first-order valence-corrected chi connectivity index (χ1v) is 9.56. The maximum atomic E-state index is 13.0. The number of hydrogen-bond donors (Lipinski definition) is 1. The van der Waals surface area contributed by atoms with E-state index in [4.69, 9.17) is 14.2 Å². The summed E-state index contributed by atoms with van der Waals surface area (Å²) >= 11 is 0. The maximum absolute atomic E-state index is 13.0. The van der Waals surface area contributed by atoms with E-state index in [0.29, 0.717) is 23.8 Å². The van der Waals surface area contributed by atoms with E-state index in [1.54, 1.807) is 4.68 Å². The second-order valence-electron chi connectivity index (χ2n) is 6.83. The van der Waals surface area contributed by atoms with Crippen LogP contribution in [0.4, 0.5) is 5.95 Å². The van der Waals surface area contributed by atoms with E-state index in [9.17, 15) is 4.79 Å². The van der Waals surface area contributed by atoms with Gasteiger partial charge in [-0.05, 0) is 44.4 Å². The van der Waals surface area contributed by atoms with E-state index in [2.05, 4.69) is 15.4 Å². The van der Waals surface area contributed by atoms with Crippen molar-refractivity contribution in [3.63, 3.8) is 0 Å². The van der Waals surface area contributed by atoms with Crippen molar-refractivity contribution in [1.29, 1.82) is 0 Å². The van der Waals surface area contributed by atoms with Crippen molar-refractivity contribution < 1.29 is 19.0 Å². The highest BCUT2D eigenvalue weighted by Crippen LogP contribution is 2.36. The fourth-order valence-electron chi connectivity index (χ4n) is 3.63. The minimum Gasteiger partial charge on any atom is -0.494 e. The molecule has 0 radical (unpaired) electrons. The van der Waals surface area contributed by atoms with Gasteiger partial charge in [0.1, 0.15) is 24.7 Å². The van der Waals surface area contributed by atoms with Crippen molar-refractivity contribution in [2.75, 3.05) is 25.1 Å². The third-order valence-corrected chi connectivity index (χ3v) is 4.92. The summed E-state index contributed by atoms with van der Waals surface area (Å²) in [6.07, 6.45) is 3.36. The summed E-state index contributed by atoms with van der Waals surface area (Å²) in [4.78, 5) is 17.3. The second-order valence-corrected chi connectivity index (χ2v) is 6.83. The molecule has 1 saturated heterocycles. The number of nitrogens with zero attached hydrogens (tertiary/aromatic N) is 3. The van der Waals surface area contributed by atoms with Gasteiger partial charge in [0.2, 0.25) is 5.95 Å². The number of nitrogens with one attached hydrogen (secondary N) is 1. The summed E-state index contributed by atoms with van der Waals surface area (Å²) in [5.74, 6) is 0.943. The monoisotopic (exact) mass is 384 g/mol. The normalized spacial score (nSPS) is 21.2. The van der Waals surface area contributed by atoms with Crippen LogP contribution in [-0.4, -0.2) is 46.7 Å². The lowest BCUT2D eigenvalue weighted by Crippen LogP contribution is -2.30. The van der Waals surface area contributed by atoms with Crippen LogP contribution in [0, 0.1) is 0 Å². The van der Waals surface area contributed by atoms with Crippen molar-refractivity contribution in [3.05, 3.63) is 47.4 Å². The number of allylic oxidation sites excluding steroid dienone is 1. The molecule has 0 unspecified atom stereocenters. The highest BCUT2D eigenvalue weighted by molar-refractivity contribution is 5.92. The predicted octanol–water partition coefficient (Wildman–Crippen LogP) is 2.69. The number of carbonyl (C=O) groups is 1. The van der Waals surface area contributed by atoms with Gasteiger partial charge >= 0.3 is 5.97 Å². The Morgan fingerprint density at radius 2 is 2.32 bits per heavy atom. The molecule has 0 bridgehead atoms. The Kier molecular flexibility index (Phi) is 5.29. The standard InChI is InChI=1S/C20H24N4O4/c1-3-26-15-7-4-6-14(10-15)18-17(13(2)23-20-21-12-22-24(18)20)19(25)28-11-16-8-5-9-27-16/h4,6-7,10,12,16,18H,3,5,8-9,11H2,1-2H3,(H,21,22,23)/t16-,18-/m1/s1. The number of carbonyl (C=O) groups excluding carboxylic acids is 1. The number of hydrogen-bond acceptors (Lipinski definition) is 7. The van der Waals surface area contributed by atoms with E-state index in [1.165, 1.54) is 6.33 Å². The van der Waals surface area contributed by atoms with Gasteiger partial charge in [0, 0.05) is 12.3 Å². The first-order chi connectivity index (χ1) is 13.7. The first kappa shape index (κ1) is 18.5. The van der Waals surface area contributed by atoms with Gasteiger partial charge in [0.05, 0.1) is 18.3 Å². The zero-order chi connectivity index (χ0) is 19.5. The van der Waals surface area contributed by atoms with Crippen molar-refractivity contribution in [3.8, 4) is 5.75 Å². The second kappa shape index (κ2) is 8.02. The Bertz CT molecular complexity index is 886. The lowest BCUT2D eigenvalue weighted by Gasteiger charge is -2.28. The summed E-state index contributed by atoms with van der Waals surface area (Å²) in [5, 5.41) is 7.47. The molecule has 2 aromatic rings. The first-order valence-electron chi connectivity index (χ1n) is 9.56. The SMILES string of the molecule is CCOc1cccc([C@@H]2C(C(=O)OC[C@H]3CCCO3)=C(C)Nc3ncnn32)c1. The highest BCUT2D eigenvalue weighted by Gasteiger charge is 2.35. The van der Waals surface area contributed by atoms with Crippen LogP contribution in [0.25, 0.3) is 0 Å². The van der Waals surface area contributed by atoms with Crippen molar-refractivity contribution in [2.45, 2.75) is 38.8 Å². The molecule has 2 aliphatic heterocycles. The van der Waals surface area contributed by atoms with Gasteiger partial charge in [-0.1, -0.05) is 12.1 Å². The molecule has 8 nitrogen and oxygen atoms in total. The van der Waals surface area contributed by atoms with Crippen LogP contribution in [-0.2, 0) is 14.3 Å². The third-order valence-electron chi connectivity index (χ3n) is 4.92. The van der Waals surface area contributed by atoms with Crippen LogP contribution < -0.4 is 10.1 Å². The van der Waals surface area contributed by atoms with Gasteiger partial charge in [-0.25, -0.2) is 9.48 Å². The molecule has 1 N–H and O–H groups in total. The smallest absolute Gasteiger partial charge is 0.338 e. The van der Waals surface area contributed by atoms with Crippen LogP contribution in [0.3, 0.4) is 0 Å². The van der Waals surface area contributed by atoms with Crippen LogP contribution in [0.2, 0.25) is 0 Å². The van der Waals surface area contributed by atoms with Gasteiger partial charge in [0.15, 0.2) is 0 Å². The number of rotatable bonds is 6. The van der Waals surface area contributed by atoms with Crippen LogP contribution in [0.15, 0.2) is 41.9 Å². The molecule has 3 heterocycles. The number of anilines is 1. The Morgan fingerprint density at radius 3 is 3.11 bits per heavy atom. The quantitative estimate of drug-likeness (QED) is 0.766. The van der Waals surface area contributed by atoms with E-state index in [1.807, 2.05) is 38.1 Å². The fraction of sp³-hybridized carbons (Fsp3) is 0.450. The average molecular weight is 384 g/mol. The minimum atomic E-state index is -0.448. The molecular formula is C20H24N4O4. The number of benzene rings is 1. The van der Waals surface area contributed by atoms with Gasteiger partial charge in [-0.3, -0.25) is 0 Å². The number of fused-ring (bicyclic) bond motifs is 1. The molecule has 28 heavy (non-hydrogen) atoms. The Balaban J connectivity index is 1.66. The van der Waals surface area contributed by atoms with E-state index >= 15 is 0 Å². The molecule has 8 heteroatoms. The average Bonchev–Trinajstić information content (AvgIpc) is 3.37. The molecule has 0 amide bonds. The Hall–Kier alpha value is -2.87. The van der Waals surface area contributed by atoms with Crippen LogP contribution in [0.5, 0.6) is 5.75 Å². The number of aromatic nitrogens is 3. The molecule has 2 aliphatic rings. The summed E-state index contributed by atoms with van der Waals surface area (Å²) in [6, 6.07) is 7.22. The summed E-state index contributed by atoms with van der Waals surface area (Å²) in [7, 11) is 0. The third kappa shape index (κ3) is 3.60. The minimum absolute atomic E-state index is 0.0249. The van der Waals surface area contributed by atoms with Crippen LogP contribution in [0.1, 0.15) is 38.3 Å². The molecular weight excluding hydrogens is 360 g/mol. The molecule has 1 aromatic heterocycles. The molecule has 0 aliphatic carbocycles. The van der Waals surface area contributed by atoms with E-state index in [0.717, 1.165) is 30.8 Å². The summed E-state index contributed by atoms with van der Waals surface area (Å²) in [5.41, 5.74) is 2.08. The zero-order valence-corrected chi connectivity index (χ0v) is 16.1. The van der Waals surface area contributed by atoms with Gasteiger partial charge in [-0.15, -0.1) is 0 Å².